The molecule has 0 spiro atoms. The molecule has 3 nitrogen and oxygen atoms in total. The Morgan fingerprint density at radius 1 is 1.62 bits per heavy atom. The minimum absolute atomic E-state index is 0. The summed E-state index contributed by atoms with van der Waals surface area (Å²) in [5.41, 5.74) is 0. The normalized spacial score (nSPS) is 22.2. The van der Waals surface area contributed by atoms with Crippen molar-refractivity contribution in [3.63, 3.8) is 0 Å². The van der Waals surface area contributed by atoms with Crippen molar-refractivity contribution in [3.8, 4) is 0 Å². The molecule has 1 rings (SSSR count). The fourth-order valence-corrected chi connectivity index (χ4v) is 1.08. The first-order chi connectivity index (χ1) is 5.70. The maximum Gasteiger partial charge on any atom is 0.220 e. The Balaban J connectivity index is 0.00000144. The van der Waals surface area contributed by atoms with E-state index >= 15 is 0 Å². The predicted molar refractivity (Wildman–Crippen MR) is 46.5 cm³/mol. The molecule has 1 N–H and O–H groups in total. The average Bonchev–Trinajstić information content (AvgIpc) is 2.06. The molecule has 1 unspecified atom stereocenters. The summed E-state index contributed by atoms with van der Waals surface area (Å²) in [6.07, 6.45) is 3.03. The zero-order valence-corrected chi connectivity index (χ0v) is 12.3. The van der Waals surface area contributed by atoms with E-state index in [4.69, 9.17) is 4.74 Å². The standard InChI is InChI=1S/C9H16NO2.U/c1-7(2)9(11)10-8-4-3-5-12-6-8;/h4,7-8H,3,5-6H2,1-2H3,(H,10,11);/q-1;. The molecule has 0 aromatic rings. The third-order valence-corrected chi connectivity index (χ3v) is 1.86. The largest absolute Gasteiger partial charge is 0.385 e. The van der Waals surface area contributed by atoms with Crippen molar-refractivity contribution in [2.24, 2.45) is 5.92 Å². The summed E-state index contributed by atoms with van der Waals surface area (Å²) in [6.45, 7) is 5.19. The molecule has 0 aliphatic carbocycles. The van der Waals surface area contributed by atoms with Crippen molar-refractivity contribution in [2.45, 2.75) is 26.3 Å². The Labute approximate surface area is 103 Å². The first-order valence-corrected chi connectivity index (χ1v) is 4.41. The van der Waals surface area contributed by atoms with Gasteiger partial charge >= 0.3 is 0 Å². The van der Waals surface area contributed by atoms with Crippen molar-refractivity contribution in [3.05, 3.63) is 6.42 Å². The van der Waals surface area contributed by atoms with Gasteiger partial charge in [0.15, 0.2) is 0 Å². The predicted octanol–water partition coefficient (Wildman–Crippen LogP) is 0.752. The van der Waals surface area contributed by atoms with Crippen LogP contribution in [0.5, 0.6) is 0 Å². The van der Waals surface area contributed by atoms with Gasteiger partial charge in [-0.3, -0.25) is 4.79 Å². The molecular formula is C9H16NO2U-. The van der Waals surface area contributed by atoms with Crippen LogP contribution in [0.1, 0.15) is 20.3 Å². The minimum Gasteiger partial charge on any atom is -0.385 e. The maximum atomic E-state index is 11.2. The minimum atomic E-state index is 0. The Morgan fingerprint density at radius 3 is 2.77 bits per heavy atom. The van der Waals surface area contributed by atoms with E-state index in [9.17, 15) is 4.79 Å². The fraction of sp³-hybridized carbons (Fsp3) is 0.778. The number of carbonyl (C=O) groups excluding carboxylic acids is 1. The molecule has 0 bridgehead atoms. The molecule has 0 aromatic heterocycles. The van der Waals surface area contributed by atoms with E-state index in [-0.39, 0.29) is 49.0 Å². The molecule has 1 heterocycles. The van der Waals surface area contributed by atoms with Gasteiger partial charge in [0.2, 0.25) is 5.91 Å². The summed E-state index contributed by atoms with van der Waals surface area (Å²) in [5.74, 6) is 0.155. The van der Waals surface area contributed by atoms with Gasteiger partial charge in [0, 0.05) is 50.2 Å². The summed E-state index contributed by atoms with van der Waals surface area (Å²) in [6, 6.07) is 0.119. The number of rotatable bonds is 2. The molecule has 1 atom stereocenters. The quantitative estimate of drug-likeness (QED) is 0.686. The van der Waals surface area contributed by atoms with Crippen LogP contribution in [0.25, 0.3) is 0 Å². The average molecular weight is 408 g/mol. The summed E-state index contributed by atoms with van der Waals surface area (Å²) in [5, 5.41) is 2.90. The van der Waals surface area contributed by atoms with Gasteiger partial charge < -0.3 is 16.5 Å². The van der Waals surface area contributed by atoms with Gasteiger partial charge in [-0.2, -0.15) is 6.42 Å². The summed E-state index contributed by atoms with van der Waals surface area (Å²) in [4.78, 5) is 11.2. The van der Waals surface area contributed by atoms with E-state index in [1.807, 2.05) is 13.8 Å². The zero-order chi connectivity index (χ0) is 8.97. The van der Waals surface area contributed by atoms with E-state index in [0.717, 1.165) is 13.0 Å². The van der Waals surface area contributed by atoms with Gasteiger partial charge in [-0.15, -0.1) is 0 Å². The maximum absolute atomic E-state index is 11.2. The molecular weight excluding hydrogens is 392 g/mol. The van der Waals surface area contributed by atoms with Gasteiger partial charge in [0.1, 0.15) is 0 Å². The van der Waals surface area contributed by atoms with Crippen molar-refractivity contribution in [1.82, 2.24) is 5.32 Å². The molecule has 1 saturated heterocycles. The number of nitrogens with one attached hydrogen (secondary N) is 1. The summed E-state index contributed by atoms with van der Waals surface area (Å²) in [7, 11) is 0. The van der Waals surface area contributed by atoms with Crippen LogP contribution in [0.4, 0.5) is 0 Å². The van der Waals surface area contributed by atoms with E-state index < -0.39 is 0 Å². The second-order valence-electron chi connectivity index (χ2n) is 3.37. The Morgan fingerprint density at radius 2 is 2.31 bits per heavy atom. The van der Waals surface area contributed by atoms with Gasteiger partial charge in [-0.1, -0.05) is 19.9 Å². The van der Waals surface area contributed by atoms with E-state index in [1.54, 1.807) is 0 Å². The second kappa shape index (κ2) is 6.87. The first kappa shape index (κ1) is 13.5. The van der Waals surface area contributed by atoms with Crippen LogP contribution in [-0.4, -0.2) is 25.2 Å². The second-order valence-corrected chi connectivity index (χ2v) is 3.37. The van der Waals surface area contributed by atoms with Gasteiger partial charge in [0.25, 0.3) is 0 Å². The molecule has 1 aliphatic heterocycles. The molecule has 13 heavy (non-hydrogen) atoms. The first-order valence-electron chi connectivity index (χ1n) is 4.41. The van der Waals surface area contributed by atoms with Gasteiger partial charge in [0.05, 0.1) is 0 Å². The van der Waals surface area contributed by atoms with Gasteiger partial charge in [-0.05, 0) is 0 Å². The van der Waals surface area contributed by atoms with E-state index in [0.29, 0.717) is 6.61 Å². The van der Waals surface area contributed by atoms with Crippen LogP contribution in [0.2, 0.25) is 0 Å². The topological polar surface area (TPSA) is 38.3 Å². The third kappa shape index (κ3) is 5.05. The number of hydrogen-bond acceptors (Lipinski definition) is 2. The zero-order valence-electron chi connectivity index (χ0n) is 8.17. The molecule has 0 saturated carbocycles. The third-order valence-electron chi connectivity index (χ3n) is 1.86. The molecule has 1 fully saturated rings. The van der Waals surface area contributed by atoms with Crippen molar-refractivity contribution >= 4 is 5.91 Å². The Bertz CT molecular complexity index is 156. The van der Waals surface area contributed by atoms with Crippen LogP contribution >= 0.6 is 0 Å². The summed E-state index contributed by atoms with van der Waals surface area (Å²) < 4.78 is 5.22. The van der Waals surface area contributed by atoms with Crippen molar-refractivity contribution in [1.29, 1.82) is 0 Å². The number of amides is 1. The Hall–Kier alpha value is 0.482. The van der Waals surface area contributed by atoms with Crippen molar-refractivity contribution in [2.75, 3.05) is 13.2 Å². The fourth-order valence-electron chi connectivity index (χ4n) is 1.08. The number of hydrogen-bond donors (Lipinski definition) is 1. The molecule has 1 aliphatic rings. The molecule has 0 aromatic carbocycles. The smallest absolute Gasteiger partial charge is 0.220 e. The molecule has 4 heteroatoms. The number of ether oxygens (including phenoxy) is 1. The molecule has 74 valence electrons. The number of carbonyl (C=O) groups is 1. The van der Waals surface area contributed by atoms with Crippen molar-refractivity contribution < 1.29 is 40.6 Å². The monoisotopic (exact) mass is 408 g/mol. The summed E-state index contributed by atoms with van der Waals surface area (Å²) >= 11 is 0. The Kier molecular flexibility index (Phi) is 7.12. The van der Waals surface area contributed by atoms with E-state index in [2.05, 4.69) is 11.7 Å². The van der Waals surface area contributed by atoms with Crippen LogP contribution in [0.15, 0.2) is 0 Å². The van der Waals surface area contributed by atoms with Crippen LogP contribution < -0.4 is 5.32 Å². The SMILES string of the molecule is CC(C)C(=O)NC1[CH-]CCOC1.[U]. The molecule has 0 radical (unpaired) electrons. The van der Waals surface area contributed by atoms with Gasteiger partial charge in [-0.25, -0.2) is 0 Å². The van der Waals surface area contributed by atoms with Crippen LogP contribution in [-0.2, 0) is 9.53 Å². The van der Waals surface area contributed by atoms with Crippen LogP contribution in [0, 0.1) is 43.5 Å². The van der Waals surface area contributed by atoms with E-state index in [1.165, 1.54) is 0 Å². The molecule has 1 amide bonds. The van der Waals surface area contributed by atoms with Crippen LogP contribution in [0.3, 0.4) is 0 Å².